The third-order valence-electron chi connectivity index (χ3n) is 2.82. The maximum absolute atomic E-state index is 13.0. The number of benzene rings is 1. The van der Waals surface area contributed by atoms with Crippen LogP contribution in [-0.2, 0) is 12.4 Å². The lowest BCUT2D eigenvalue weighted by molar-refractivity contribution is -0.147. The summed E-state index contributed by atoms with van der Waals surface area (Å²) >= 11 is 0. The number of ether oxygens (including phenoxy) is 1. The smallest absolute Gasteiger partial charge is 0.416 e. The monoisotopic (exact) mass is 355 g/mol. The van der Waals surface area contributed by atoms with E-state index in [1.165, 1.54) is 0 Å². The molecule has 0 spiro atoms. The third kappa shape index (κ3) is 4.91. The molecule has 0 fully saturated rings. The molecule has 2 nitrogen and oxygen atoms in total. The molecule has 132 valence electrons. The van der Waals surface area contributed by atoms with E-state index in [2.05, 4.69) is 4.74 Å². The summed E-state index contributed by atoms with van der Waals surface area (Å²) in [6, 6.07) is -2.33. The largest absolute Gasteiger partial charge is 0.496 e. The second kappa shape index (κ2) is 6.10. The fourth-order valence-electron chi connectivity index (χ4n) is 1.93. The number of hydrogen-bond acceptors (Lipinski definition) is 2. The maximum atomic E-state index is 13.0. The standard InChI is InChI=1S/C12H10F9NO/c1-23-8-3-5(11(16,17)18)2-6(12(19,20)21)9(8)7(22)4-10(13,14)15/h2-3,7H,4,22H2,1H3/t7-/m0/s1. The van der Waals surface area contributed by atoms with Gasteiger partial charge in [0, 0.05) is 11.6 Å². The van der Waals surface area contributed by atoms with Crippen molar-refractivity contribution in [3.05, 3.63) is 28.8 Å². The molecule has 0 saturated heterocycles. The van der Waals surface area contributed by atoms with Crippen LogP contribution in [0.1, 0.15) is 29.2 Å². The van der Waals surface area contributed by atoms with E-state index >= 15 is 0 Å². The zero-order valence-corrected chi connectivity index (χ0v) is 11.3. The zero-order valence-electron chi connectivity index (χ0n) is 11.3. The molecule has 0 aliphatic heterocycles. The van der Waals surface area contributed by atoms with E-state index in [1.807, 2.05) is 0 Å². The van der Waals surface area contributed by atoms with Crippen molar-refractivity contribution in [1.82, 2.24) is 0 Å². The van der Waals surface area contributed by atoms with Crippen LogP contribution in [0.3, 0.4) is 0 Å². The lowest BCUT2D eigenvalue weighted by atomic mass is 9.94. The van der Waals surface area contributed by atoms with Crippen LogP contribution in [0, 0.1) is 0 Å². The Morgan fingerprint density at radius 1 is 0.957 bits per heavy atom. The molecule has 23 heavy (non-hydrogen) atoms. The normalized spacial score (nSPS) is 14.7. The molecule has 0 radical (unpaired) electrons. The zero-order chi connectivity index (χ0) is 18.2. The van der Waals surface area contributed by atoms with Crippen LogP contribution < -0.4 is 10.5 Å². The van der Waals surface area contributed by atoms with E-state index in [4.69, 9.17) is 5.73 Å². The van der Waals surface area contributed by atoms with E-state index in [9.17, 15) is 39.5 Å². The first-order valence-corrected chi connectivity index (χ1v) is 5.85. The molecule has 0 aliphatic rings. The van der Waals surface area contributed by atoms with Crippen molar-refractivity contribution in [3.63, 3.8) is 0 Å². The number of nitrogens with two attached hydrogens (primary N) is 1. The van der Waals surface area contributed by atoms with Crippen molar-refractivity contribution in [3.8, 4) is 5.75 Å². The van der Waals surface area contributed by atoms with Gasteiger partial charge in [0.1, 0.15) is 5.75 Å². The second-order valence-corrected chi connectivity index (χ2v) is 4.56. The van der Waals surface area contributed by atoms with E-state index < -0.39 is 53.4 Å². The molecule has 1 rings (SSSR count). The highest BCUT2D eigenvalue weighted by molar-refractivity contribution is 5.48. The number of alkyl halides is 9. The van der Waals surface area contributed by atoms with Crippen LogP contribution in [0.4, 0.5) is 39.5 Å². The van der Waals surface area contributed by atoms with Gasteiger partial charge in [0.25, 0.3) is 0 Å². The minimum atomic E-state index is -5.34. The molecule has 0 bridgehead atoms. The molecule has 0 heterocycles. The van der Waals surface area contributed by atoms with Crippen LogP contribution in [-0.4, -0.2) is 13.3 Å². The summed E-state index contributed by atoms with van der Waals surface area (Å²) in [5, 5.41) is 0. The Morgan fingerprint density at radius 2 is 1.48 bits per heavy atom. The van der Waals surface area contributed by atoms with E-state index in [1.54, 1.807) is 0 Å². The van der Waals surface area contributed by atoms with Gasteiger partial charge in [-0.25, -0.2) is 0 Å². The van der Waals surface area contributed by atoms with Gasteiger partial charge < -0.3 is 10.5 Å². The predicted molar refractivity (Wildman–Crippen MR) is 60.6 cm³/mol. The third-order valence-corrected chi connectivity index (χ3v) is 2.82. The highest BCUT2D eigenvalue weighted by Crippen LogP contribution is 2.44. The summed E-state index contributed by atoms with van der Waals surface area (Å²) < 4.78 is 118. The summed E-state index contributed by atoms with van der Waals surface area (Å²) in [6.45, 7) is 0. The van der Waals surface area contributed by atoms with Crippen LogP contribution in [0.2, 0.25) is 0 Å². The van der Waals surface area contributed by atoms with E-state index in [0.717, 1.165) is 7.11 Å². The molecule has 0 amide bonds. The molecular formula is C12H10F9NO. The Morgan fingerprint density at radius 3 is 1.83 bits per heavy atom. The topological polar surface area (TPSA) is 35.2 Å². The van der Waals surface area contributed by atoms with Gasteiger partial charge in [-0.2, -0.15) is 39.5 Å². The average Bonchev–Trinajstić information content (AvgIpc) is 2.32. The number of rotatable bonds is 3. The number of methoxy groups -OCH3 is 1. The lowest BCUT2D eigenvalue weighted by Gasteiger charge is -2.23. The van der Waals surface area contributed by atoms with Crippen LogP contribution in [0.25, 0.3) is 0 Å². The average molecular weight is 355 g/mol. The molecule has 0 aromatic heterocycles. The first-order chi connectivity index (χ1) is 10.2. The maximum Gasteiger partial charge on any atom is 0.416 e. The van der Waals surface area contributed by atoms with E-state index in [-0.39, 0.29) is 12.1 Å². The number of halogens is 9. The van der Waals surface area contributed by atoms with Gasteiger partial charge in [-0.1, -0.05) is 0 Å². The van der Waals surface area contributed by atoms with Gasteiger partial charge in [0.15, 0.2) is 0 Å². The highest BCUT2D eigenvalue weighted by Gasteiger charge is 2.43. The Bertz CT molecular complexity index is 559. The Kier molecular flexibility index (Phi) is 5.14. The fourth-order valence-corrected chi connectivity index (χ4v) is 1.93. The SMILES string of the molecule is COc1cc(C(F)(F)F)cc(C(F)(F)F)c1[C@@H](N)CC(F)(F)F. The first kappa shape index (κ1) is 19.4. The van der Waals surface area contributed by atoms with Gasteiger partial charge in [0.05, 0.1) is 24.7 Å². The minimum Gasteiger partial charge on any atom is -0.496 e. The molecule has 0 unspecified atom stereocenters. The minimum absolute atomic E-state index is 0.181. The molecule has 2 N–H and O–H groups in total. The lowest BCUT2D eigenvalue weighted by Crippen LogP contribution is -2.25. The molecule has 0 aliphatic carbocycles. The van der Waals surface area contributed by atoms with E-state index in [0.29, 0.717) is 0 Å². The Labute approximate surface area is 124 Å². The molecular weight excluding hydrogens is 345 g/mol. The second-order valence-electron chi connectivity index (χ2n) is 4.56. The van der Waals surface area contributed by atoms with Crippen LogP contribution >= 0.6 is 0 Å². The van der Waals surface area contributed by atoms with Crippen molar-refractivity contribution >= 4 is 0 Å². The van der Waals surface area contributed by atoms with Crippen molar-refractivity contribution in [2.24, 2.45) is 5.73 Å². The van der Waals surface area contributed by atoms with Crippen molar-refractivity contribution in [1.29, 1.82) is 0 Å². The van der Waals surface area contributed by atoms with Gasteiger partial charge >= 0.3 is 18.5 Å². The fraction of sp³-hybridized carbons (Fsp3) is 0.500. The van der Waals surface area contributed by atoms with Gasteiger partial charge in [0.2, 0.25) is 0 Å². The highest BCUT2D eigenvalue weighted by atomic mass is 19.4. The van der Waals surface area contributed by atoms with Crippen LogP contribution in [0.15, 0.2) is 12.1 Å². The summed E-state index contributed by atoms with van der Waals surface area (Å²) in [7, 11) is 0.736. The Hall–Kier alpha value is -1.65. The molecule has 0 saturated carbocycles. The first-order valence-electron chi connectivity index (χ1n) is 5.85. The Balaban J connectivity index is 3.60. The van der Waals surface area contributed by atoms with Gasteiger partial charge in [-0.3, -0.25) is 0 Å². The molecule has 1 atom stereocenters. The summed E-state index contributed by atoms with van der Waals surface area (Å²) in [5.74, 6) is -1.01. The van der Waals surface area contributed by atoms with Gasteiger partial charge in [-0.05, 0) is 12.1 Å². The number of hydrogen-bond donors (Lipinski definition) is 1. The molecule has 11 heteroatoms. The quantitative estimate of drug-likeness (QED) is 0.799. The summed E-state index contributed by atoms with van der Waals surface area (Å²) in [5.41, 5.74) is 0.337. The summed E-state index contributed by atoms with van der Waals surface area (Å²) in [6.07, 6.45) is -17.2. The van der Waals surface area contributed by atoms with Crippen molar-refractivity contribution in [2.45, 2.75) is 31.0 Å². The van der Waals surface area contributed by atoms with Gasteiger partial charge in [-0.15, -0.1) is 0 Å². The van der Waals surface area contributed by atoms with Crippen molar-refractivity contribution in [2.75, 3.05) is 7.11 Å². The van der Waals surface area contributed by atoms with Crippen LogP contribution in [0.5, 0.6) is 5.75 Å². The molecule has 1 aromatic rings. The molecule has 1 aromatic carbocycles. The van der Waals surface area contributed by atoms with Crippen molar-refractivity contribution < 1.29 is 44.3 Å². The predicted octanol–water partition coefficient (Wildman–Crippen LogP) is 4.69. The summed E-state index contributed by atoms with van der Waals surface area (Å²) in [4.78, 5) is 0.